The zero-order valence-electron chi connectivity index (χ0n) is 12.1. The van der Waals surface area contributed by atoms with Gasteiger partial charge in [0.05, 0.1) is 19.8 Å². The molecule has 0 saturated heterocycles. The molecule has 0 heterocycles. The lowest BCUT2D eigenvalue weighted by molar-refractivity contribution is 0.117. The molecule has 0 amide bonds. The number of rotatable bonds is 7. The Bertz CT molecular complexity index is 418. The number of likely N-dealkylation sites (N-methyl/N-ethyl adjacent to an activating group) is 1. The number of hydrogen-bond donors (Lipinski definition) is 3. The molecule has 4 heteroatoms. The summed E-state index contributed by atoms with van der Waals surface area (Å²) in [5.74, 6) is 1.26. The molecule has 1 aromatic carbocycles. The van der Waals surface area contributed by atoms with E-state index in [1.54, 1.807) is 0 Å². The average Bonchev–Trinajstić information content (AvgIpc) is 2.91. The van der Waals surface area contributed by atoms with E-state index < -0.39 is 0 Å². The lowest BCUT2D eigenvalue weighted by atomic mass is 9.86. The third-order valence-electron chi connectivity index (χ3n) is 4.55. The summed E-state index contributed by atoms with van der Waals surface area (Å²) in [6, 6.07) is 7.54. The molecule has 1 aliphatic rings. The molecule has 4 nitrogen and oxygen atoms in total. The summed E-state index contributed by atoms with van der Waals surface area (Å²) in [5, 5.41) is 22.0. The molecule has 2 rings (SSSR count). The van der Waals surface area contributed by atoms with Crippen LogP contribution >= 0.6 is 0 Å². The SMILES string of the molecule is CNC1(CO)CCCC1CCOc1cccc(CO)c1. The molecular formula is C16H25NO3. The second-order valence-corrected chi connectivity index (χ2v) is 5.60. The maximum atomic E-state index is 9.64. The van der Waals surface area contributed by atoms with Crippen LogP contribution in [0, 0.1) is 5.92 Å². The molecule has 2 unspecified atom stereocenters. The zero-order chi connectivity index (χ0) is 14.4. The molecule has 0 aliphatic heterocycles. The molecule has 1 saturated carbocycles. The van der Waals surface area contributed by atoms with Gasteiger partial charge in [-0.05, 0) is 49.9 Å². The Kier molecular flexibility index (Phi) is 5.40. The summed E-state index contributed by atoms with van der Waals surface area (Å²) in [4.78, 5) is 0. The Morgan fingerprint density at radius 2 is 2.25 bits per heavy atom. The monoisotopic (exact) mass is 279 g/mol. The first kappa shape index (κ1) is 15.3. The number of aliphatic hydroxyl groups is 2. The van der Waals surface area contributed by atoms with Gasteiger partial charge in [0.15, 0.2) is 0 Å². The van der Waals surface area contributed by atoms with E-state index >= 15 is 0 Å². The maximum Gasteiger partial charge on any atom is 0.119 e. The second kappa shape index (κ2) is 7.07. The van der Waals surface area contributed by atoms with Crippen LogP contribution in [-0.4, -0.2) is 36.0 Å². The molecular weight excluding hydrogens is 254 g/mol. The lowest BCUT2D eigenvalue weighted by Crippen LogP contribution is -2.49. The fourth-order valence-electron chi connectivity index (χ4n) is 3.23. The first-order chi connectivity index (χ1) is 9.74. The Hall–Kier alpha value is -1.10. The molecule has 1 aromatic rings. The Morgan fingerprint density at radius 3 is 2.95 bits per heavy atom. The van der Waals surface area contributed by atoms with E-state index in [9.17, 15) is 5.11 Å². The van der Waals surface area contributed by atoms with Crippen molar-refractivity contribution >= 4 is 0 Å². The highest BCUT2D eigenvalue weighted by Gasteiger charge is 2.40. The predicted octanol–water partition coefficient (Wildman–Crippen LogP) is 1.70. The standard InChI is InChI=1S/C16H25NO3/c1-17-16(12-19)8-3-5-14(16)7-9-20-15-6-2-4-13(10-15)11-18/h2,4,6,10,14,17-19H,3,5,7-9,11-12H2,1H3. The van der Waals surface area contributed by atoms with Gasteiger partial charge in [-0.1, -0.05) is 18.6 Å². The summed E-state index contributed by atoms with van der Waals surface area (Å²) in [6.45, 7) is 0.865. The maximum absolute atomic E-state index is 9.64. The minimum absolute atomic E-state index is 0.0349. The van der Waals surface area contributed by atoms with Crippen molar-refractivity contribution in [3.63, 3.8) is 0 Å². The smallest absolute Gasteiger partial charge is 0.119 e. The minimum Gasteiger partial charge on any atom is -0.494 e. The molecule has 20 heavy (non-hydrogen) atoms. The van der Waals surface area contributed by atoms with Gasteiger partial charge in [-0.25, -0.2) is 0 Å². The first-order valence-corrected chi connectivity index (χ1v) is 7.36. The Labute approximate surface area is 120 Å². The number of benzene rings is 1. The molecule has 0 aromatic heterocycles. The van der Waals surface area contributed by atoms with Crippen LogP contribution in [0.15, 0.2) is 24.3 Å². The van der Waals surface area contributed by atoms with Crippen LogP contribution in [0.4, 0.5) is 0 Å². The van der Waals surface area contributed by atoms with Crippen molar-refractivity contribution in [3.05, 3.63) is 29.8 Å². The molecule has 2 atom stereocenters. The van der Waals surface area contributed by atoms with E-state index in [4.69, 9.17) is 9.84 Å². The fraction of sp³-hybridized carbons (Fsp3) is 0.625. The van der Waals surface area contributed by atoms with Crippen LogP contribution in [0.3, 0.4) is 0 Å². The molecule has 1 aliphatic carbocycles. The quantitative estimate of drug-likeness (QED) is 0.711. The lowest BCUT2D eigenvalue weighted by Gasteiger charge is -2.33. The summed E-state index contributed by atoms with van der Waals surface area (Å²) >= 11 is 0. The highest BCUT2D eigenvalue weighted by molar-refractivity contribution is 5.27. The summed E-state index contributed by atoms with van der Waals surface area (Å²) in [6.07, 6.45) is 4.27. The van der Waals surface area contributed by atoms with Crippen LogP contribution in [-0.2, 0) is 6.61 Å². The molecule has 1 fully saturated rings. The predicted molar refractivity (Wildman–Crippen MR) is 78.7 cm³/mol. The van der Waals surface area contributed by atoms with Crippen molar-refractivity contribution in [2.45, 2.75) is 37.8 Å². The van der Waals surface area contributed by atoms with Gasteiger partial charge < -0.3 is 20.3 Å². The van der Waals surface area contributed by atoms with Gasteiger partial charge >= 0.3 is 0 Å². The topological polar surface area (TPSA) is 61.7 Å². The largest absolute Gasteiger partial charge is 0.494 e. The molecule has 3 N–H and O–H groups in total. The van der Waals surface area contributed by atoms with Gasteiger partial charge in [0.25, 0.3) is 0 Å². The van der Waals surface area contributed by atoms with Crippen molar-refractivity contribution < 1.29 is 14.9 Å². The third kappa shape index (κ3) is 3.32. The minimum atomic E-state index is -0.129. The molecule has 0 spiro atoms. The van der Waals surface area contributed by atoms with Crippen molar-refractivity contribution in [3.8, 4) is 5.75 Å². The van der Waals surface area contributed by atoms with Gasteiger partial charge in [-0.15, -0.1) is 0 Å². The highest BCUT2D eigenvalue weighted by atomic mass is 16.5. The highest BCUT2D eigenvalue weighted by Crippen LogP contribution is 2.37. The van der Waals surface area contributed by atoms with Gasteiger partial charge in [0.1, 0.15) is 5.75 Å². The van der Waals surface area contributed by atoms with E-state index in [1.165, 1.54) is 0 Å². The van der Waals surface area contributed by atoms with Crippen molar-refractivity contribution in [2.24, 2.45) is 5.92 Å². The number of hydrogen-bond acceptors (Lipinski definition) is 4. The molecule has 112 valence electrons. The van der Waals surface area contributed by atoms with E-state index in [1.807, 2.05) is 31.3 Å². The summed E-state index contributed by atoms with van der Waals surface area (Å²) < 4.78 is 5.77. The first-order valence-electron chi connectivity index (χ1n) is 7.36. The number of nitrogens with one attached hydrogen (secondary N) is 1. The van der Waals surface area contributed by atoms with E-state index in [-0.39, 0.29) is 18.8 Å². The van der Waals surface area contributed by atoms with E-state index in [0.717, 1.165) is 37.0 Å². The number of aliphatic hydroxyl groups excluding tert-OH is 2. The van der Waals surface area contributed by atoms with Gasteiger partial charge in [-0.2, -0.15) is 0 Å². The fourth-order valence-corrected chi connectivity index (χ4v) is 3.23. The van der Waals surface area contributed by atoms with Crippen LogP contribution in [0.1, 0.15) is 31.2 Å². The normalized spacial score (nSPS) is 25.9. The van der Waals surface area contributed by atoms with Crippen LogP contribution in [0.2, 0.25) is 0 Å². The molecule has 0 bridgehead atoms. The number of ether oxygens (including phenoxy) is 1. The second-order valence-electron chi connectivity index (χ2n) is 5.60. The summed E-state index contributed by atoms with van der Waals surface area (Å²) in [5.41, 5.74) is 0.735. The average molecular weight is 279 g/mol. The Morgan fingerprint density at radius 1 is 1.40 bits per heavy atom. The summed E-state index contributed by atoms with van der Waals surface area (Å²) in [7, 11) is 1.93. The van der Waals surface area contributed by atoms with Crippen molar-refractivity contribution in [1.29, 1.82) is 0 Å². The van der Waals surface area contributed by atoms with E-state index in [2.05, 4.69) is 5.32 Å². The van der Waals surface area contributed by atoms with Crippen LogP contribution in [0.5, 0.6) is 5.75 Å². The molecule has 0 radical (unpaired) electrons. The van der Waals surface area contributed by atoms with Crippen molar-refractivity contribution in [2.75, 3.05) is 20.3 Å². The zero-order valence-corrected chi connectivity index (χ0v) is 12.1. The van der Waals surface area contributed by atoms with Gasteiger partial charge in [-0.3, -0.25) is 0 Å². The van der Waals surface area contributed by atoms with E-state index in [0.29, 0.717) is 12.5 Å². The van der Waals surface area contributed by atoms with Crippen molar-refractivity contribution in [1.82, 2.24) is 5.32 Å². The van der Waals surface area contributed by atoms with Gasteiger partial charge in [0, 0.05) is 5.54 Å². The van der Waals surface area contributed by atoms with Gasteiger partial charge in [0.2, 0.25) is 0 Å². The van der Waals surface area contributed by atoms with Crippen LogP contribution < -0.4 is 10.1 Å². The Balaban J connectivity index is 1.86. The van der Waals surface area contributed by atoms with Crippen LogP contribution in [0.25, 0.3) is 0 Å². The third-order valence-corrected chi connectivity index (χ3v) is 4.55.